The van der Waals surface area contributed by atoms with E-state index in [2.05, 4.69) is 21.2 Å². The molecule has 0 spiro atoms. The Hall–Kier alpha value is -3.59. The lowest BCUT2D eigenvalue weighted by Gasteiger charge is -2.35. The molecule has 2 heterocycles. The molecule has 2 aliphatic carbocycles. The van der Waals surface area contributed by atoms with E-state index < -0.39 is 29.5 Å². The molecule has 0 bridgehead atoms. The summed E-state index contributed by atoms with van der Waals surface area (Å²) in [5.74, 6) is -0.755. The zero-order chi connectivity index (χ0) is 27.1. The third-order valence-electron chi connectivity index (χ3n) is 7.98. The van der Waals surface area contributed by atoms with Crippen molar-refractivity contribution < 1.29 is 18.4 Å². The lowest BCUT2D eigenvalue weighted by molar-refractivity contribution is -0.125. The van der Waals surface area contributed by atoms with Gasteiger partial charge in [0.1, 0.15) is 17.7 Å². The van der Waals surface area contributed by atoms with Gasteiger partial charge < -0.3 is 10.6 Å². The molecule has 202 valence electrons. The first-order valence-corrected chi connectivity index (χ1v) is 14.3. The van der Waals surface area contributed by atoms with Gasteiger partial charge in [-0.2, -0.15) is 0 Å². The van der Waals surface area contributed by atoms with Crippen molar-refractivity contribution >= 4 is 33.8 Å². The summed E-state index contributed by atoms with van der Waals surface area (Å²) >= 11 is 1.82. The highest BCUT2D eigenvalue weighted by molar-refractivity contribution is 7.17. The number of anilines is 1. The normalized spacial score (nSPS) is 19.3. The van der Waals surface area contributed by atoms with Crippen LogP contribution in [0, 0.1) is 23.5 Å². The standard InChI is InChI=1S/C30H30F2N4O2S/c1-17(33-28(37)12-18-10-22(31)15-23(32)11-18)29(38)34-24-8-6-19(7-9-24)25-16-36-26-13-20-4-2-3-5-21(20)14-27(26)39-30(36)35-25/h6-11,15-17,20-21H,2-5,12-14H2,1H3,(H,33,37)(H,34,38)/t17-,20?,21?/m0/s1. The molecular weight excluding hydrogens is 518 g/mol. The highest BCUT2D eigenvalue weighted by Gasteiger charge is 2.33. The van der Waals surface area contributed by atoms with Crippen LogP contribution in [0.15, 0.2) is 48.7 Å². The first-order chi connectivity index (χ1) is 18.8. The number of carbonyl (C=O) groups excluding carboxylic acids is 2. The van der Waals surface area contributed by atoms with Gasteiger partial charge in [0.2, 0.25) is 11.8 Å². The number of amides is 2. The molecule has 1 saturated carbocycles. The SMILES string of the molecule is C[C@H](NC(=O)Cc1cc(F)cc(F)c1)C(=O)Nc1ccc(-c2cn3c4c(sc3n2)CC2CCCCC2C4)cc1. The van der Waals surface area contributed by atoms with Crippen LogP contribution in [0.25, 0.3) is 16.2 Å². The van der Waals surface area contributed by atoms with Gasteiger partial charge in [-0.25, -0.2) is 13.8 Å². The van der Waals surface area contributed by atoms with Crippen LogP contribution >= 0.6 is 11.3 Å². The number of hydrogen-bond donors (Lipinski definition) is 2. The molecule has 3 atom stereocenters. The molecule has 1 fully saturated rings. The maximum atomic E-state index is 13.4. The van der Waals surface area contributed by atoms with E-state index >= 15 is 0 Å². The third kappa shape index (κ3) is 5.45. The molecule has 6 rings (SSSR count). The average Bonchev–Trinajstić information content (AvgIpc) is 3.45. The van der Waals surface area contributed by atoms with Crippen LogP contribution in [-0.2, 0) is 28.9 Å². The van der Waals surface area contributed by atoms with Crippen LogP contribution in [0.4, 0.5) is 14.5 Å². The van der Waals surface area contributed by atoms with E-state index in [1.165, 1.54) is 42.7 Å². The van der Waals surface area contributed by atoms with E-state index in [1.54, 1.807) is 6.92 Å². The molecule has 39 heavy (non-hydrogen) atoms. The van der Waals surface area contributed by atoms with Crippen molar-refractivity contribution in [1.82, 2.24) is 14.7 Å². The Morgan fingerprint density at radius 3 is 2.46 bits per heavy atom. The van der Waals surface area contributed by atoms with Crippen molar-refractivity contribution in [3.8, 4) is 11.3 Å². The maximum absolute atomic E-state index is 13.4. The van der Waals surface area contributed by atoms with Gasteiger partial charge in [-0.05, 0) is 74.3 Å². The van der Waals surface area contributed by atoms with Crippen LogP contribution in [-0.4, -0.2) is 27.2 Å². The zero-order valence-corrected chi connectivity index (χ0v) is 22.5. The first kappa shape index (κ1) is 25.7. The summed E-state index contributed by atoms with van der Waals surface area (Å²) in [5.41, 5.74) is 4.10. The van der Waals surface area contributed by atoms with Gasteiger partial charge in [0, 0.05) is 34.1 Å². The first-order valence-electron chi connectivity index (χ1n) is 13.5. The topological polar surface area (TPSA) is 75.5 Å². The number of rotatable bonds is 6. The van der Waals surface area contributed by atoms with Crippen LogP contribution < -0.4 is 10.6 Å². The Balaban J connectivity index is 1.08. The second kappa shape index (κ2) is 10.5. The van der Waals surface area contributed by atoms with Gasteiger partial charge >= 0.3 is 0 Å². The molecule has 2 aliphatic rings. The van der Waals surface area contributed by atoms with Crippen LogP contribution in [0.2, 0.25) is 0 Å². The van der Waals surface area contributed by atoms with Crippen molar-refractivity contribution in [2.45, 2.75) is 57.9 Å². The molecular formula is C30H30F2N4O2S. The second-order valence-electron chi connectivity index (χ2n) is 10.8. The second-order valence-corrected chi connectivity index (χ2v) is 11.8. The fraction of sp³-hybridized carbons (Fsp3) is 0.367. The van der Waals surface area contributed by atoms with E-state index in [0.29, 0.717) is 5.69 Å². The summed E-state index contributed by atoms with van der Waals surface area (Å²) in [6.45, 7) is 1.56. The number of aromatic nitrogens is 2. The summed E-state index contributed by atoms with van der Waals surface area (Å²) in [6, 6.07) is 9.58. The molecule has 2 unspecified atom stereocenters. The summed E-state index contributed by atoms with van der Waals surface area (Å²) in [7, 11) is 0. The summed E-state index contributed by atoms with van der Waals surface area (Å²) in [6.07, 6.45) is 9.66. The molecule has 2 N–H and O–H groups in total. The predicted octanol–water partition coefficient (Wildman–Crippen LogP) is 5.93. The molecule has 6 nitrogen and oxygen atoms in total. The fourth-order valence-corrected chi connectivity index (χ4v) is 7.21. The number of halogens is 2. The highest BCUT2D eigenvalue weighted by Crippen LogP contribution is 2.42. The minimum Gasteiger partial charge on any atom is -0.344 e. The van der Waals surface area contributed by atoms with E-state index in [1.807, 2.05) is 35.6 Å². The Kier molecular flexibility index (Phi) is 6.93. The molecule has 9 heteroatoms. The Bertz CT molecular complexity index is 1520. The van der Waals surface area contributed by atoms with Gasteiger partial charge in [-0.15, -0.1) is 11.3 Å². The van der Waals surface area contributed by atoms with Crippen molar-refractivity contribution in [3.63, 3.8) is 0 Å². The van der Waals surface area contributed by atoms with Crippen molar-refractivity contribution in [3.05, 3.63) is 76.4 Å². The molecule has 4 aromatic rings. The monoisotopic (exact) mass is 548 g/mol. The van der Waals surface area contributed by atoms with Crippen LogP contribution in [0.3, 0.4) is 0 Å². The number of nitrogens with one attached hydrogen (secondary N) is 2. The van der Waals surface area contributed by atoms with Crippen molar-refractivity contribution in [2.75, 3.05) is 5.32 Å². The fourth-order valence-electron chi connectivity index (χ4n) is 5.98. The van der Waals surface area contributed by atoms with Crippen molar-refractivity contribution in [1.29, 1.82) is 0 Å². The Morgan fingerprint density at radius 1 is 1.05 bits per heavy atom. The summed E-state index contributed by atoms with van der Waals surface area (Å²) < 4.78 is 29.0. The number of imidazole rings is 1. The molecule has 2 aromatic heterocycles. The highest BCUT2D eigenvalue weighted by atomic mass is 32.1. The number of hydrogen-bond acceptors (Lipinski definition) is 4. The maximum Gasteiger partial charge on any atom is 0.246 e. The van der Waals surface area contributed by atoms with E-state index in [4.69, 9.17) is 4.98 Å². The molecule has 0 radical (unpaired) electrons. The Morgan fingerprint density at radius 2 is 1.74 bits per heavy atom. The smallest absolute Gasteiger partial charge is 0.246 e. The van der Waals surface area contributed by atoms with Gasteiger partial charge in [0.25, 0.3) is 0 Å². The molecule has 2 amide bonds. The predicted molar refractivity (Wildman–Crippen MR) is 148 cm³/mol. The molecule has 0 aliphatic heterocycles. The number of benzene rings is 2. The largest absolute Gasteiger partial charge is 0.344 e. The summed E-state index contributed by atoms with van der Waals surface area (Å²) in [5, 5.41) is 5.37. The minimum absolute atomic E-state index is 0.200. The van der Waals surface area contributed by atoms with Gasteiger partial charge in [-0.3, -0.25) is 14.0 Å². The third-order valence-corrected chi connectivity index (χ3v) is 9.10. The Labute approximate surface area is 229 Å². The van der Waals surface area contributed by atoms with Crippen LogP contribution in [0.5, 0.6) is 0 Å². The average molecular weight is 549 g/mol. The van der Waals surface area contributed by atoms with Gasteiger partial charge in [0.15, 0.2) is 4.96 Å². The van der Waals surface area contributed by atoms with E-state index in [-0.39, 0.29) is 12.0 Å². The number of fused-ring (bicyclic) bond motifs is 4. The lowest BCUT2D eigenvalue weighted by Crippen LogP contribution is -2.42. The zero-order valence-electron chi connectivity index (χ0n) is 21.7. The van der Waals surface area contributed by atoms with E-state index in [0.717, 1.165) is 52.7 Å². The van der Waals surface area contributed by atoms with Gasteiger partial charge in [-0.1, -0.05) is 25.0 Å². The molecule has 0 saturated heterocycles. The minimum atomic E-state index is -0.828. The lowest BCUT2D eigenvalue weighted by atomic mass is 9.72. The summed E-state index contributed by atoms with van der Waals surface area (Å²) in [4.78, 5) is 32.3. The molecule has 2 aromatic carbocycles. The quantitative estimate of drug-likeness (QED) is 0.314. The number of carbonyl (C=O) groups is 2. The van der Waals surface area contributed by atoms with Crippen LogP contribution in [0.1, 0.15) is 48.7 Å². The number of nitrogens with zero attached hydrogens (tertiary/aromatic N) is 2. The van der Waals surface area contributed by atoms with Gasteiger partial charge in [0.05, 0.1) is 12.1 Å². The number of thiazole rings is 1. The van der Waals surface area contributed by atoms with E-state index in [9.17, 15) is 18.4 Å². The van der Waals surface area contributed by atoms with Crippen molar-refractivity contribution in [2.24, 2.45) is 11.8 Å².